The van der Waals surface area contributed by atoms with Gasteiger partial charge in [-0.25, -0.2) is 0 Å². The van der Waals surface area contributed by atoms with Gasteiger partial charge in [-0.1, -0.05) is 18.2 Å². The minimum atomic E-state index is 0.665. The molecule has 0 aliphatic carbocycles. The fourth-order valence-electron chi connectivity index (χ4n) is 1.63. The lowest BCUT2D eigenvalue weighted by atomic mass is 10.2. The van der Waals surface area contributed by atoms with Gasteiger partial charge in [-0.2, -0.15) is 0 Å². The molecule has 0 radical (unpaired) electrons. The first-order chi connectivity index (χ1) is 9.31. The van der Waals surface area contributed by atoms with Crippen LogP contribution < -0.4 is 15.4 Å². The molecule has 5 heteroatoms. The van der Waals surface area contributed by atoms with E-state index in [2.05, 4.69) is 15.6 Å². The van der Waals surface area contributed by atoms with Crippen molar-refractivity contribution in [3.63, 3.8) is 0 Å². The SMILES string of the molecule is CCOCCNC(=NC)NCc1ccccc1OC. The molecule has 0 saturated heterocycles. The van der Waals surface area contributed by atoms with E-state index in [0.29, 0.717) is 13.2 Å². The van der Waals surface area contributed by atoms with E-state index in [1.165, 1.54) is 0 Å². The molecule has 0 aliphatic heterocycles. The maximum absolute atomic E-state index is 5.30. The average molecular weight is 265 g/mol. The first kappa shape index (κ1) is 15.3. The molecule has 0 spiro atoms. The minimum Gasteiger partial charge on any atom is -0.496 e. The van der Waals surface area contributed by atoms with Crippen molar-refractivity contribution >= 4 is 5.96 Å². The molecule has 19 heavy (non-hydrogen) atoms. The summed E-state index contributed by atoms with van der Waals surface area (Å²) in [5.41, 5.74) is 1.10. The molecule has 5 nitrogen and oxygen atoms in total. The lowest BCUT2D eigenvalue weighted by Gasteiger charge is -2.13. The Morgan fingerprint density at radius 3 is 2.74 bits per heavy atom. The number of hydrogen-bond donors (Lipinski definition) is 2. The molecule has 0 saturated carbocycles. The smallest absolute Gasteiger partial charge is 0.191 e. The van der Waals surface area contributed by atoms with Crippen molar-refractivity contribution in [1.82, 2.24) is 10.6 Å². The highest BCUT2D eigenvalue weighted by atomic mass is 16.5. The van der Waals surface area contributed by atoms with Crippen LogP contribution in [0.5, 0.6) is 5.75 Å². The van der Waals surface area contributed by atoms with Crippen LogP contribution in [0.3, 0.4) is 0 Å². The van der Waals surface area contributed by atoms with E-state index in [4.69, 9.17) is 9.47 Å². The summed E-state index contributed by atoms with van der Waals surface area (Å²) in [6, 6.07) is 7.92. The van der Waals surface area contributed by atoms with Crippen LogP contribution in [0.1, 0.15) is 12.5 Å². The highest BCUT2D eigenvalue weighted by Gasteiger charge is 2.02. The average Bonchev–Trinajstić information content (AvgIpc) is 2.47. The zero-order valence-electron chi connectivity index (χ0n) is 11.9. The van der Waals surface area contributed by atoms with Crippen LogP contribution in [-0.2, 0) is 11.3 Å². The van der Waals surface area contributed by atoms with Crippen molar-refractivity contribution in [3.05, 3.63) is 29.8 Å². The fourth-order valence-corrected chi connectivity index (χ4v) is 1.63. The van der Waals surface area contributed by atoms with Gasteiger partial charge in [0.1, 0.15) is 5.75 Å². The maximum Gasteiger partial charge on any atom is 0.191 e. The topological polar surface area (TPSA) is 54.9 Å². The largest absolute Gasteiger partial charge is 0.496 e. The summed E-state index contributed by atoms with van der Waals surface area (Å²) in [5.74, 6) is 1.63. The molecule has 0 aliphatic rings. The van der Waals surface area contributed by atoms with Crippen LogP contribution in [0.25, 0.3) is 0 Å². The molecule has 0 aromatic heterocycles. The number of nitrogens with one attached hydrogen (secondary N) is 2. The van der Waals surface area contributed by atoms with Crippen molar-refractivity contribution < 1.29 is 9.47 Å². The first-order valence-corrected chi connectivity index (χ1v) is 6.46. The van der Waals surface area contributed by atoms with Crippen LogP contribution in [0, 0.1) is 0 Å². The van der Waals surface area contributed by atoms with Crippen molar-refractivity contribution in [2.24, 2.45) is 4.99 Å². The van der Waals surface area contributed by atoms with Gasteiger partial charge in [-0.15, -0.1) is 0 Å². The van der Waals surface area contributed by atoms with Crippen LogP contribution in [0.4, 0.5) is 0 Å². The van der Waals surface area contributed by atoms with E-state index in [1.54, 1.807) is 14.2 Å². The molecule has 0 bridgehead atoms. The molecule has 106 valence electrons. The number of rotatable bonds is 7. The third kappa shape index (κ3) is 5.61. The highest BCUT2D eigenvalue weighted by molar-refractivity contribution is 5.79. The van der Waals surface area contributed by atoms with Crippen molar-refractivity contribution in [3.8, 4) is 5.75 Å². The number of nitrogens with zero attached hydrogens (tertiary/aromatic N) is 1. The minimum absolute atomic E-state index is 0.665. The van der Waals surface area contributed by atoms with Crippen molar-refractivity contribution in [2.75, 3.05) is 33.9 Å². The first-order valence-electron chi connectivity index (χ1n) is 6.46. The molecule has 1 rings (SSSR count). The van der Waals surface area contributed by atoms with E-state index in [9.17, 15) is 0 Å². The molecule has 0 fully saturated rings. The van der Waals surface area contributed by atoms with Crippen molar-refractivity contribution in [1.29, 1.82) is 0 Å². The Balaban J connectivity index is 2.40. The molecule has 2 N–H and O–H groups in total. The van der Waals surface area contributed by atoms with Gasteiger partial charge in [-0.3, -0.25) is 4.99 Å². The Kier molecular flexibility index (Phi) is 7.43. The van der Waals surface area contributed by atoms with E-state index >= 15 is 0 Å². The predicted octanol–water partition coefficient (Wildman–Crippen LogP) is 1.40. The zero-order chi connectivity index (χ0) is 13.9. The number of ether oxygens (including phenoxy) is 2. The molecule has 0 atom stereocenters. The van der Waals surface area contributed by atoms with Crippen LogP contribution in [0.2, 0.25) is 0 Å². The quantitative estimate of drug-likeness (QED) is 0.444. The predicted molar refractivity (Wildman–Crippen MR) is 77.7 cm³/mol. The Labute approximate surface area is 115 Å². The summed E-state index contributed by atoms with van der Waals surface area (Å²) in [5, 5.41) is 6.43. The molecule has 0 unspecified atom stereocenters. The number of guanidine groups is 1. The van der Waals surface area contributed by atoms with Crippen LogP contribution in [-0.4, -0.2) is 39.9 Å². The third-order valence-corrected chi connectivity index (χ3v) is 2.61. The van der Waals surface area contributed by atoms with Gasteiger partial charge in [0.15, 0.2) is 5.96 Å². The Morgan fingerprint density at radius 2 is 2.05 bits per heavy atom. The number of aliphatic imine (C=N–C) groups is 1. The normalized spacial score (nSPS) is 11.2. The molecule has 0 amide bonds. The van der Waals surface area contributed by atoms with Crippen LogP contribution >= 0.6 is 0 Å². The Morgan fingerprint density at radius 1 is 1.26 bits per heavy atom. The summed E-state index contributed by atoms with van der Waals surface area (Å²) in [6.07, 6.45) is 0. The standard InChI is InChI=1S/C14H23N3O2/c1-4-19-10-9-16-14(15-2)17-11-12-7-5-6-8-13(12)18-3/h5-8H,4,9-11H2,1-3H3,(H2,15,16,17). The summed E-state index contributed by atoms with van der Waals surface area (Å²) in [6.45, 7) is 4.79. The lowest BCUT2D eigenvalue weighted by molar-refractivity contribution is 0.152. The van der Waals surface area contributed by atoms with Gasteiger partial charge < -0.3 is 20.1 Å². The maximum atomic E-state index is 5.30. The fraction of sp³-hybridized carbons (Fsp3) is 0.500. The number of methoxy groups -OCH3 is 1. The highest BCUT2D eigenvalue weighted by Crippen LogP contribution is 2.16. The van der Waals surface area contributed by atoms with Gasteiger partial charge in [0.25, 0.3) is 0 Å². The summed E-state index contributed by atoms with van der Waals surface area (Å²) in [4.78, 5) is 4.15. The summed E-state index contributed by atoms with van der Waals surface area (Å²) >= 11 is 0. The number of para-hydroxylation sites is 1. The van der Waals surface area contributed by atoms with Gasteiger partial charge in [0, 0.05) is 32.3 Å². The van der Waals surface area contributed by atoms with Gasteiger partial charge in [-0.05, 0) is 13.0 Å². The summed E-state index contributed by atoms with van der Waals surface area (Å²) < 4.78 is 10.6. The molecular weight excluding hydrogens is 242 g/mol. The van der Waals surface area contributed by atoms with Gasteiger partial charge in [0.05, 0.1) is 13.7 Å². The second-order valence-corrected chi connectivity index (χ2v) is 3.86. The Hall–Kier alpha value is -1.75. The molecule has 0 heterocycles. The van der Waals surface area contributed by atoms with Crippen LogP contribution in [0.15, 0.2) is 29.3 Å². The number of hydrogen-bond acceptors (Lipinski definition) is 3. The number of benzene rings is 1. The third-order valence-electron chi connectivity index (χ3n) is 2.61. The van der Waals surface area contributed by atoms with E-state index < -0.39 is 0 Å². The molecule has 1 aromatic rings. The van der Waals surface area contributed by atoms with Crippen molar-refractivity contribution in [2.45, 2.75) is 13.5 Å². The second kappa shape index (κ2) is 9.22. The van der Waals surface area contributed by atoms with Gasteiger partial charge in [0.2, 0.25) is 0 Å². The van der Waals surface area contributed by atoms with E-state index in [1.807, 2.05) is 31.2 Å². The van der Waals surface area contributed by atoms with E-state index in [0.717, 1.165) is 30.4 Å². The lowest BCUT2D eigenvalue weighted by Crippen LogP contribution is -2.38. The monoisotopic (exact) mass is 265 g/mol. The molecule has 1 aromatic carbocycles. The molecular formula is C14H23N3O2. The Bertz CT molecular complexity index is 394. The van der Waals surface area contributed by atoms with Gasteiger partial charge >= 0.3 is 0 Å². The second-order valence-electron chi connectivity index (χ2n) is 3.86. The summed E-state index contributed by atoms with van der Waals surface area (Å²) in [7, 11) is 3.42. The van der Waals surface area contributed by atoms with E-state index in [-0.39, 0.29) is 0 Å². The zero-order valence-corrected chi connectivity index (χ0v) is 11.9.